The lowest BCUT2D eigenvalue weighted by molar-refractivity contribution is -0.897. The van der Waals surface area contributed by atoms with Crippen molar-refractivity contribution >= 4 is 33.4 Å². The average molecular weight is 390 g/mol. The van der Waals surface area contributed by atoms with E-state index in [0.29, 0.717) is 19.0 Å². The van der Waals surface area contributed by atoms with Crippen LogP contribution in [0.2, 0.25) is 0 Å². The maximum Gasteiger partial charge on any atom is 0.277 e. The molecule has 1 aliphatic heterocycles. The molecule has 1 aliphatic rings. The van der Waals surface area contributed by atoms with Crippen LogP contribution in [-0.2, 0) is 9.59 Å². The fourth-order valence-electron chi connectivity index (χ4n) is 3.49. The van der Waals surface area contributed by atoms with Gasteiger partial charge in [0.1, 0.15) is 0 Å². The van der Waals surface area contributed by atoms with Crippen molar-refractivity contribution in [2.45, 2.75) is 32.1 Å². The minimum Gasteiger partial charge on any atom is -0.355 e. The monoisotopic (exact) mass is 389 g/mol. The van der Waals surface area contributed by atoms with Crippen LogP contribution in [0.5, 0.6) is 0 Å². The second kappa shape index (κ2) is 9.28. The molecule has 1 aromatic carbocycles. The number of thiazole rings is 1. The number of benzene rings is 1. The second-order valence-electron chi connectivity index (χ2n) is 7.32. The number of fused-ring (bicyclic) bond motifs is 1. The number of amides is 2. The molecule has 1 saturated heterocycles. The van der Waals surface area contributed by atoms with E-state index in [1.807, 2.05) is 13.0 Å². The third-order valence-corrected chi connectivity index (χ3v) is 6.33. The molecule has 0 saturated carbocycles. The van der Waals surface area contributed by atoms with Gasteiger partial charge in [0.25, 0.3) is 5.91 Å². The minimum atomic E-state index is -0.0859. The van der Waals surface area contributed by atoms with E-state index in [9.17, 15) is 9.59 Å². The number of rotatable bonds is 7. The van der Waals surface area contributed by atoms with Crippen LogP contribution in [0.15, 0.2) is 24.3 Å². The number of carbonyl (C=O) groups excluding carboxylic acids is 2. The highest BCUT2D eigenvalue weighted by Gasteiger charge is 2.28. The van der Waals surface area contributed by atoms with E-state index in [2.05, 4.69) is 23.5 Å². The van der Waals surface area contributed by atoms with E-state index in [0.717, 1.165) is 37.9 Å². The molecular formula is C20H29N4O2S+. The molecule has 7 heteroatoms. The summed E-state index contributed by atoms with van der Waals surface area (Å²) in [5, 5.41) is 4.04. The molecule has 2 heterocycles. The molecular weight excluding hydrogens is 360 g/mol. The Morgan fingerprint density at radius 2 is 2.04 bits per heavy atom. The first-order valence-corrected chi connectivity index (χ1v) is 10.6. The Labute approximate surface area is 164 Å². The number of para-hydroxylation sites is 1. The number of quaternary nitrogens is 1. The summed E-state index contributed by atoms with van der Waals surface area (Å²) >= 11 is 1.80. The highest BCUT2D eigenvalue weighted by molar-refractivity contribution is 7.18. The van der Waals surface area contributed by atoms with Gasteiger partial charge in [-0.15, -0.1) is 11.3 Å². The minimum absolute atomic E-state index is 0.0371. The fourth-order valence-corrected chi connectivity index (χ4v) is 4.62. The van der Waals surface area contributed by atoms with Crippen molar-refractivity contribution in [3.8, 4) is 0 Å². The van der Waals surface area contributed by atoms with E-state index in [1.54, 1.807) is 18.4 Å². The number of likely N-dealkylation sites (tertiary alicyclic amines) is 1. The van der Waals surface area contributed by atoms with Gasteiger partial charge in [-0.2, -0.15) is 0 Å². The summed E-state index contributed by atoms with van der Waals surface area (Å²) < 4.78 is 1.25. The summed E-state index contributed by atoms with van der Waals surface area (Å²) in [6.07, 6.45) is 3.02. The van der Waals surface area contributed by atoms with E-state index >= 15 is 0 Å². The van der Waals surface area contributed by atoms with Crippen LogP contribution < -0.4 is 10.2 Å². The van der Waals surface area contributed by atoms with Gasteiger partial charge in [-0.05, 0) is 18.6 Å². The highest BCUT2D eigenvalue weighted by Crippen LogP contribution is 2.31. The molecule has 0 bridgehead atoms. The predicted octanol–water partition coefficient (Wildman–Crippen LogP) is 1.04. The van der Waals surface area contributed by atoms with Gasteiger partial charge in [0, 0.05) is 32.4 Å². The van der Waals surface area contributed by atoms with Crippen molar-refractivity contribution in [1.82, 2.24) is 15.2 Å². The topological polar surface area (TPSA) is 66.7 Å². The summed E-state index contributed by atoms with van der Waals surface area (Å²) in [4.78, 5) is 31.8. The lowest BCUT2D eigenvalue weighted by atomic mass is 9.97. The molecule has 0 spiro atoms. The Morgan fingerprint density at radius 1 is 1.30 bits per heavy atom. The quantitative estimate of drug-likeness (QED) is 0.744. The van der Waals surface area contributed by atoms with E-state index in [1.165, 1.54) is 19.5 Å². The fraction of sp³-hybridized carbons (Fsp3) is 0.550. The summed E-state index contributed by atoms with van der Waals surface area (Å²) in [7, 11) is 1.71. The van der Waals surface area contributed by atoms with Crippen molar-refractivity contribution < 1.29 is 14.5 Å². The third kappa shape index (κ3) is 5.26. The predicted molar refractivity (Wildman–Crippen MR) is 108 cm³/mol. The first kappa shape index (κ1) is 19.8. The number of carbonyl (C=O) groups is 2. The number of nitrogens with zero attached hydrogens (tertiary/aromatic N) is 2. The van der Waals surface area contributed by atoms with Gasteiger partial charge in [0.05, 0.1) is 34.9 Å². The zero-order chi connectivity index (χ0) is 19.2. The van der Waals surface area contributed by atoms with Gasteiger partial charge in [-0.1, -0.05) is 19.1 Å². The molecule has 0 radical (unpaired) electrons. The van der Waals surface area contributed by atoms with Gasteiger partial charge >= 0.3 is 0 Å². The molecule has 6 nitrogen and oxygen atoms in total. The highest BCUT2D eigenvalue weighted by atomic mass is 32.1. The number of nitrogens with one attached hydrogen (secondary N) is 2. The van der Waals surface area contributed by atoms with Gasteiger partial charge in [-0.3, -0.25) is 9.59 Å². The first-order chi connectivity index (χ1) is 13.1. The van der Waals surface area contributed by atoms with Gasteiger partial charge < -0.3 is 15.1 Å². The van der Waals surface area contributed by atoms with Crippen LogP contribution in [0.4, 0.5) is 0 Å². The molecule has 0 atom stereocenters. The van der Waals surface area contributed by atoms with Crippen molar-refractivity contribution in [3.63, 3.8) is 0 Å². The lowest BCUT2D eigenvalue weighted by Gasteiger charge is -2.29. The maximum absolute atomic E-state index is 12.4. The summed E-state index contributed by atoms with van der Waals surface area (Å²) in [6, 6.07) is 8.29. The summed E-state index contributed by atoms with van der Waals surface area (Å²) in [5.41, 5.74) is 1.09. The zero-order valence-corrected chi connectivity index (χ0v) is 17.0. The largest absolute Gasteiger partial charge is 0.355 e. The first-order valence-electron chi connectivity index (χ1n) is 9.76. The van der Waals surface area contributed by atoms with Crippen LogP contribution in [0.1, 0.15) is 37.1 Å². The Balaban J connectivity index is 1.46. The van der Waals surface area contributed by atoms with Crippen molar-refractivity contribution in [1.29, 1.82) is 0 Å². The smallest absolute Gasteiger partial charge is 0.277 e. The lowest BCUT2D eigenvalue weighted by Crippen LogP contribution is -3.14. The van der Waals surface area contributed by atoms with E-state index < -0.39 is 0 Å². The maximum atomic E-state index is 12.4. The van der Waals surface area contributed by atoms with E-state index in [4.69, 9.17) is 4.98 Å². The van der Waals surface area contributed by atoms with Crippen LogP contribution in [0, 0.1) is 0 Å². The number of piperidine rings is 1. The Kier molecular flexibility index (Phi) is 6.79. The standard InChI is InChI=1S/C20H28N4O2S/c1-3-10-21-18(25)13-23(2)19(26)14-24-11-8-15(9-12-24)20-22-16-6-4-5-7-17(16)27-20/h4-7,15H,3,8-14H2,1-2H3,(H,21,25)/p+1. The zero-order valence-electron chi connectivity index (χ0n) is 16.2. The molecule has 0 aliphatic carbocycles. The van der Waals surface area contributed by atoms with Crippen LogP contribution in [0.3, 0.4) is 0 Å². The Bertz CT molecular complexity index is 750. The molecule has 0 unspecified atom stereocenters. The Morgan fingerprint density at radius 3 is 2.74 bits per heavy atom. The molecule has 27 heavy (non-hydrogen) atoms. The van der Waals surface area contributed by atoms with Crippen molar-refractivity contribution in [3.05, 3.63) is 29.3 Å². The summed E-state index contributed by atoms with van der Waals surface area (Å²) in [6.45, 7) is 5.22. The molecule has 1 aromatic heterocycles. The SMILES string of the molecule is CCCNC(=O)CN(C)C(=O)C[NH+]1CCC(c2nc3ccccc3s2)CC1. The molecule has 1 fully saturated rings. The normalized spacial score (nSPS) is 19.8. The van der Waals surface area contributed by atoms with Crippen LogP contribution in [0.25, 0.3) is 10.2 Å². The van der Waals surface area contributed by atoms with E-state index in [-0.39, 0.29) is 18.4 Å². The number of hydrogen-bond donors (Lipinski definition) is 2. The molecule has 3 rings (SSSR count). The van der Waals surface area contributed by atoms with Crippen molar-refractivity contribution in [2.24, 2.45) is 0 Å². The second-order valence-corrected chi connectivity index (χ2v) is 8.38. The summed E-state index contributed by atoms with van der Waals surface area (Å²) in [5.74, 6) is 0.450. The van der Waals surface area contributed by atoms with Gasteiger partial charge in [-0.25, -0.2) is 4.98 Å². The Hall–Kier alpha value is -1.99. The number of likely N-dealkylation sites (N-methyl/N-ethyl adjacent to an activating group) is 1. The van der Waals surface area contributed by atoms with Crippen LogP contribution >= 0.6 is 11.3 Å². The van der Waals surface area contributed by atoms with Crippen molar-refractivity contribution in [2.75, 3.05) is 39.8 Å². The number of hydrogen-bond acceptors (Lipinski definition) is 4. The molecule has 2 N–H and O–H groups in total. The number of aromatic nitrogens is 1. The van der Waals surface area contributed by atoms with Gasteiger partial charge in [0.2, 0.25) is 5.91 Å². The molecule has 146 valence electrons. The van der Waals surface area contributed by atoms with Gasteiger partial charge in [0.15, 0.2) is 6.54 Å². The van der Waals surface area contributed by atoms with Crippen LogP contribution in [-0.4, -0.2) is 61.5 Å². The third-order valence-electron chi connectivity index (χ3n) is 5.13. The molecule has 2 amide bonds. The molecule has 2 aromatic rings. The average Bonchev–Trinajstić information content (AvgIpc) is 3.11.